The highest BCUT2D eigenvalue weighted by molar-refractivity contribution is 6.36. The lowest BCUT2D eigenvalue weighted by Gasteiger charge is -2.29. The van der Waals surface area contributed by atoms with Crippen LogP contribution in [0.1, 0.15) is 39.5 Å². The van der Waals surface area contributed by atoms with Gasteiger partial charge in [0.05, 0.1) is 10.9 Å². The molecule has 2 aliphatic heterocycles. The summed E-state index contributed by atoms with van der Waals surface area (Å²) in [7, 11) is 1.92. The number of likely N-dealkylation sites (tertiary alicyclic amines) is 1. The third-order valence-corrected chi connectivity index (χ3v) is 9.22. The number of ether oxygens (including phenoxy) is 1. The lowest BCUT2D eigenvalue weighted by Crippen LogP contribution is -2.44. The number of halogens is 2. The van der Waals surface area contributed by atoms with Gasteiger partial charge in [-0.05, 0) is 56.7 Å². The summed E-state index contributed by atoms with van der Waals surface area (Å²) in [6.07, 6.45) is 8.68. The summed E-state index contributed by atoms with van der Waals surface area (Å²) < 4.78 is 22.8. The Balaban J connectivity index is 1.44. The van der Waals surface area contributed by atoms with Gasteiger partial charge in [0.2, 0.25) is 5.91 Å². The fourth-order valence-corrected chi connectivity index (χ4v) is 6.60. The van der Waals surface area contributed by atoms with Crippen molar-refractivity contribution in [1.29, 1.82) is 0 Å². The Labute approximate surface area is 255 Å². The molecule has 2 fully saturated rings. The van der Waals surface area contributed by atoms with E-state index in [1.807, 2.05) is 54.1 Å². The highest BCUT2D eigenvalue weighted by Crippen LogP contribution is 2.38. The number of anilines is 1. The van der Waals surface area contributed by atoms with Gasteiger partial charge in [0.1, 0.15) is 23.6 Å². The highest BCUT2D eigenvalue weighted by atomic mass is 35.5. The van der Waals surface area contributed by atoms with Crippen LogP contribution >= 0.6 is 11.6 Å². The first-order valence-electron chi connectivity index (χ1n) is 14.9. The van der Waals surface area contributed by atoms with Gasteiger partial charge in [-0.15, -0.1) is 0 Å². The number of amides is 1. The first-order chi connectivity index (χ1) is 20.8. The second-order valence-electron chi connectivity index (χ2n) is 11.4. The van der Waals surface area contributed by atoms with Crippen molar-refractivity contribution in [2.24, 2.45) is 0 Å². The van der Waals surface area contributed by atoms with Crippen LogP contribution in [0.4, 0.5) is 10.2 Å². The molecule has 10 heteroatoms. The number of carbonyl (C=O) groups excluding carboxylic acids is 1. The fraction of sp³-hybridized carbons (Fsp3) is 0.394. The number of allylic oxidation sites excluding steroid dienone is 1. The third-order valence-electron chi connectivity index (χ3n) is 8.91. The Bertz CT molecular complexity index is 1700. The van der Waals surface area contributed by atoms with E-state index in [9.17, 15) is 4.79 Å². The van der Waals surface area contributed by atoms with E-state index in [0.717, 1.165) is 43.0 Å². The summed E-state index contributed by atoms with van der Waals surface area (Å²) in [5.41, 5.74) is 0.722. The van der Waals surface area contributed by atoms with Crippen molar-refractivity contribution in [2.75, 3.05) is 38.2 Å². The zero-order chi connectivity index (χ0) is 30.1. The first kappa shape index (κ1) is 29.3. The lowest BCUT2D eigenvalue weighted by molar-refractivity contribution is -0.125. The molecular formula is C33H36ClFN6O2. The lowest BCUT2D eigenvalue weighted by atomic mass is 9.96. The van der Waals surface area contributed by atoms with Crippen LogP contribution in [-0.4, -0.2) is 70.6 Å². The number of nitrogens with one attached hydrogen (secondary N) is 1. The second kappa shape index (κ2) is 12.1. The highest BCUT2D eigenvalue weighted by Gasteiger charge is 2.34. The van der Waals surface area contributed by atoms with E-state index in [1.165, 1.54) is 0 Å². The Morgan fingerprint density at radius 1 is 1.28 bits per heavy atom. The molecule has 2 saturated heterocycles. The van der Waals surface area contributed by atoms with Crippen LogP contribution in [0.15, 0.2) is 54.7 Å². The molecule has 43 heavy (non-hydrogen) atoms. The number of pyridine rings is 1. The summed E-state index contributed by atoms with van der Waals surface area (Å²) in [6, 6.07) is 11.3. The maximum Gasteiger partial charge on any atom is 0.319 e. The first-order valence-corrected chi connectivity index (χ1v) is 15.3. The molecule has 224 valence electrons. The topological polar surface area (TPSA) is 83.5 Å². The quantitative estimate of drug-likeness (QED) is 0.242. The summed E-state index contributed by atoms with van der Waals surface area (Å²) in [5, 5.41) is 6.19. The minimum atomic E-state index is -0.563. The molecule has 2 aromatic carbocycles. The molecule has 0 spiro atoms. The molecule has 2 atom stereocenters. The van der Waals surface area contributed by atoms with Crippen molar-refractivity contribution >= 4 is 45.0 Å². The normalized spacial score (nSPS) is 20.5. The van der Waals surface area contributed by atoms with Gasteiger partial charge >= 0.3 is 6.01 Å². The largest absolute Gasteiger partial charge is 0.461 e. The molecule has 2 unspecified atom stereocenters. The van der Waals surface area contributed by atoms with Crippen LogP contribution in [0.2, 0.25) is 5.02 Å². The SMILES string of the molecule is C/C=C\C(=O)N1CCC(N(C)c2nc(OCC3(CC)CCCN3)nc3c(F)c(-c4cccc5cccc(Cl)c45)ncc23)C1. The Morgan fingerprint density at radius 3 is 2.84 bits per heavy atom. The number of benzene rings is 2. The Morgan fingerprint density at radius 2 is 2.09 bits per heavy atom. The number of fused-ring (bicyclic) bond motifs is 2. The number of aromatic nitrogens is 3. The third kappa shape index (κ3) is 5.52. The minimum absolute atomic E-state index is 0.0155. The zero-order valence-electron chi connectivity index (χ0n) is 24.7. The van der Waals surface area contributed by atoms with Crippen molar-refractivity contribution < 1.29 is 13.9 Å². The predicted molar refractivity (Wildman–Crippen MR) is 169 cm³/mol. The molecule has 0 aliphatic carbocycles. The van der Waals surface area contributed by atoms with E-state index < -0.39 is 5.82 Å². The average Bonchev–Trinajstić information content (AvgIpc) is 3.71. The van der Waals surface area contributed by atoms with Crippen molar-refractivity contribution in [3.05, 3.63) is 65.6 Å². The van der Waals surface area contributed by atoms with Gasteiger partial charge in [0.25, 0.3) is 0 Å². The van der Waals surface area contributed by atoms with Crippen molar-refractivity contribution in [3.63, 3.8) is 0 Å². The Hall–Kier alpha value is -3.82. The monoisotopic (exact) mass is 602 g/mol. The van der Waals surface area contributed by atoms with E-state index in [0.29, 0.717) is 41.5 Å². The van der Waals surface area contributed by atoms with Crippen molar-refractivity contribution in [2.45, 2.75) is 51.1 Å². The second-order valence-corrected chi connectivity index (χ2v) is 11.9. The molecule has 6 rings (SSSR count). The summed E-state index contributed by atoms with van der Waals surface area (Å²) in [4.78, 5) is 30.4. The number of nitrogens with zero attached hydrogens (tertiary/aromatic N) is 5. The minimum Gasteiger partial charge on any atom is -0.461 e. The summed E-state index contributed by atoms with van der Waals surface area (Å²) in [5.74, 6) is -0.0634. The molecule has 8 nitrogen and oxygen atoms in total. The molecule has 2 aliphatic rings. The van der Waals surface area contributed by atoms with E-state index in [1.54, 1.807) is 24.4 Å². The molecule has 0 saturated carbocycles. The van der Waals surface area contributed by atoms with E-state index in [4.69, 9.17) is 21.3 Å². The fourth-order valence-electron chi connectivity index (χ4n) is 6.31. The summed E-state index contributed by atoms with van der Waals surface area (Å²) >= 11 is 6.59. The van der Waals surface area contributed by atoms with Gasteiger partial charge in [-0.3, -0.25) is 9.78 Å². The maximum absolute atomic E-state index is 16.6. The van der Waals surface area contributed by atoms with Crippen LogP contribution in [0.5, 0.6) is 6.01 Å². The van der Waals surface area contributed by atoms with Crippen LogP contribution in [0.25, 0.3) is 32.9 Å². The van der Waals surface area contributed by atoms with Gasteiger partial charge in [-0.1, -0.05) is 54.9 Å². The van der Waals surface area contributed by atoms with E-state index in [-0.39, 0.29) is 34.7 Å². The van der Waals surface area contributed by atoms with Gasteiger partial charge in [-0.2, -0.15) is 9.97 Å². The molecule has 0 radical (unpaired) electrons. The maximum atomic E-state index is 16.6. The molecule has 4 heterocycles. The van der Waals surface area contributed by atoms with E-state index in [2.05, 4.69) is 22.2 Å². The number of carbonyl (C=O) groups is 1. The van der Waals surface area contributed by atoms with Gasteiger partial charge < -0.3 is 19.9 Å². The van der Waals surface area contributed by atoms with Crippen LogP contribution in [0, 0.1) is 5.82 Å². The van der Waals surface area contributed by atoms with Crippen molar-refractivity contribution in [1.82, 2.24) is 25.2 Å². The number of hydrogen-bond acceptors (Lipinski definition) is 7. The average molecular weight is 603 g/mol. The molecular weight excluding hydrogens is 567 g/mol. The van der Waals surface area contributed by atoms with Gasteiger partial charge in [0, 0.05) is 48.3 Å². The van der Waals surface area contributed by atoms with Crippen LogP contribution in [0.3, 0.4) is 0 Å². The zero-order valence-corrected chi connectivity index (χ0v) is 25.5. The van der Waals surface area contributed by atoms with Crippen LogP contribution in [-0.2, 0) is 4.79 Å². The number of hydrogen-bond donors (Lipinski definition) is 1. The summed E-state index contributed by atoms with van der Waals surface area (Å²) in [6.45, 7) is 6.45. The number of rotatable bonds is 8. The molecule has 0 bridgehead atoms. The Kier molecular flexibility index (Phi) is 8.20. The van der Waals surface area contributed by atoms with Crippen LogP contribution < -0.4 is 15.0 Å². The van der Waals surface area contributed by atoms with E-state index >= 15 is 4.39 Å². The van der Waals surface area contributed by atoms with Gasteiger partial charge in [-0.25, -0.2) is 4.39 Å². The smallest absolute Gasteiger partial charge is 0.319 e. The molecule has 2 aromatic heterocycles. The number of likely N-dealkylation sites (N-methyl/N-ethyl adjacent to an activating group) is 1. The molecule has 4 aromatic rings. The standard InChI is InChI=1S/C33H36ClFN6O2/c1-4-9-26(42)41-17-14-22(19-41)40(3)31-24-18-36-29(23-12-6-10-21-11-7-13-25(34)27(21)23)28(35)30(24)38-32(39-31)43-20-33(5-2)15-8-16-37-33/h4,6-7,9-13,18,22,37H,5,8,14-17,19-20H2,1-3H3/b9-4-. The molecule has 1 N–H and O–H groups in total. The van der Waals surface area contributed by atoms with Crippen molar-refractivity contribution in [3.8, 4) is 17.3 Å². The molecule has 1 amide bonds. The van der Waals surface area contributed by atoms with Gasteiger partial charge in [0.15, 0.2) is 5.82 Å². The predicted octanol–water partition coefficient (Wildman–Crippen LogP) is 6.16.